The average Bonchev–Trinajstić information content (AvgIpc) is 2.44. The van der Waals surface area contributed by atoms with Gasteiger partial charge in [0.05, 0.1) is 0 Å². The summed E-state index contributed by atoms with van der Waals surface area (Å²) < 4.78 is 0. The van der Waals surface area contributed by atoms with E-state index < -0.39 is 0 Å². The third kappa shape index (κ3) is 5.52. The molecule has 1 aromatic heterocycles. The first-order chi connectivity index (χ1) is 9.54. The predicted molar refractivity (Wildman–Crippen MR) is 81.1 cm³/mol. The summed E-state index contributed by atoms with van der Waals surface area (Å²) in [5.41, 5.74) is 0.358. The molecule has 0 atom stereocenters. The van der Waals surface area contributed by atoms with Crippen molar-refractivity contribution in [3.63, 3.8) is 0 Å². The van der Waals surface area contributed by atoms with Crippen molar-refractivity contribution in [3.05, 3.63) is 17.8 Å². The molecule has 0 saturated heterocycles. The highest BCUT2D eigenvalue weighted by atomic mass is 16.1. The largest absolute Gasteiger partial charge is 0.358 e. The normalized spacial score (nSPS) is 10.7. The van der Waals surface area contributed by atoms with Crippen LogP contribution in [0.15, 0.2) is 12.1 Å². The molecule has 6 heteroatoms. The molecule has 0 aliphatic rings. The summed E-state index contributed by atoms with van der Waals surface area (Å²) in [6.07, 6.45) is 2.26. The number of hydrogen-bond donors (Lipinski definition) is 1. The van der Waals surface area contributed by atoms with Crippen LogP contribution in [0.25, 0.3) is 0 Å². The summed E-state index contributed by atoms with van der Waals surface area (Å²) in [5.74, 6) is 0.616. The standard InChI is InChI=1S/C14H25N5O/c1-5-6-10-19(4)13-8-7-12(16-17-13)14(20)15-9-11-18(2)3/h7-8H,5-6,9-11H2,1-4H3,(H,15,20). The quantitative estimate of drug-likeness (QED) is 0.769. The smallest absolute Gasteiger partial charge is 0.271 e. The van der Waals surface area contributed by atoms with Crippen molar-refractivity contribution < 1.29 is 4.79 Å². The van der Waals surface area contributed by atoms with E-state index in [1.54, 1.807) is 6.07 Å². The van der Waals surface area contributed by atoms with Gasteiger partial charge >= 0.3 is 0 Å². The Bertz CT molecular complexity index is 405. The van der Waals surface area contributed by atoms with Gasteiger partial charge in [-0.25, -0.2) is 0 Å². The molecule has 1 heterocycles. The van der Waals surface area contributed by atoms with Crippen molar-refractivity contribution in [1.82, 2.24) is 20.4 Å². The van der Waals surface area contributed by atoms with Crippen molar-refractivity contribution in [2.24, 2.45) is 0 Å². The number of hydrogen-bond acceptors (Lipinski definition) is 5. The Morgan fingerprint density at radius 1 is 1.20 bits per heavy atom. The molecule has 0 aliphatic carbocycles. The first kappa shape index (κ1) is 16.4. The van der Waals surface area contributed by atoms with Gasteiger partial charge in [0, 0.05) is 26.7 Å². The molecule has 0 saturated carbocycles. The molecule has 0 spiro atoms. The van der Waals surface area contributed by atoms with Crippen LogP contribution in [0.2, 0.25) is 0 Å². The van der Waals surface area contributed by atoms with Crippen LogP contribution in [-0.4, -0.2) is 61.8 Å². The van der Waals surface area contributed by atoms with Crippen LogP contribution in [-0.2, 0) is 0 Å². The molecule has 0 bridgehead atoms. The molecular formula is C14H25N5O. The number of likely N-dealkylation sites (N-methyl/N-ethyl adjacent to an activating group) is 1. The molecule has 1 rings (SSSR count). The lowest BCUT2D eigenvalue weighted by Crippen LogP contribution is -2.32. The zero-order chi connectivity index (χ0) is 15.0. The van der Waals surface area contributed by atoms with Gasteiger partial charge in [-0.05, 0) is 32.6 Å². The molecule has 0 aliphatic heterocycles. The SMILES string of the molecule is CCCCN(C)c1ccc(C(=O)NCCN(C)C)nn1. The minimum absolute atomic E-state index is 0.179. The van der Waals surface area contributed by atoms with Crippen molar-refractivity contribution >= 4 is 11.7 Å². The van der Waals surface area contributed by atoms with E-state index in [-0.39, 0.29) is 5.91 Å². The Hall–Kier alpha value is -1.69. The summed E-state index contributed by atoms with van der Waals surface area (Å²) in [7, 11) is 5.91. The molecule has 1 N–H and O–H groups in total. The second-order valence-electron chi connectivity index (χ2n) is 5.11. The maximum absolute atomic E-state index is 11.8. The number of carbonyl (C=O) groups is 1. The molecule has 0 radical (unpaired) electrons. The Morgan fingerprint density at radius 3 is 2.50 bits per heavy atom. The lowest BCUT2D eigenvalue weighted by molar-refractivity contribution is 0.0945. The van der Waals surface area contributed by atoms with Crippen molar-refractivity contribution in [2.75, 3.05) is 45.7 Å². The van der Waals surface area contributed by atoms with Crippen molar-refractivity contribution in [3.8, 4) is 0 Å². The second-order valence-corrected chi connectivity index (χ2v) is 5.11. The first-order valence-electron chi connectivity index (χ1n) is 7.02. The van der Waals surface area contributed by atoms with Gasteiger partial charge in [-0.15, -0.1) is 10.2 Å². The highest BCUT2D eigenvalue weighted by Gasteiger charge is 2.09. The minimum atomic E-state index is -0.179. The van der Waals surface area contributed by atoms with E-state index in [1.165, 1.54) is 0 Å². The minimum Gasteiger partial charge on any atom is -0.358 e. The lowest BCUT2D eigenvalue weighted by Gasteiger charge is -2.16. The first-order valence-corrected chi connectivity index (χ1v) is 7.02. The number of unbranched alkanes of at least 4 members (excludes halogenated alkanes) is 1. The number of nitrogens with zero attached hydrogens (tertiary/aromatic N) is 4. The third-order valence-corrected chi connectivity index (χ3v) is 2.97. The molecule has 0 aromatic carbocycles. The number of anilines is 1. The molecule has 0 fully saturated rings. The molecule has 1 aromatic rings. The van der Waals surface area contributed by atoms with Crippen LogP contribution in [0.1, 0.15) is 30.3 Å². The number of rotatable bonds is 8. The topological polar surface area (TPSA) is 61.4 Å². The van der Waals surface area contributed by atoms with Crippen LogP contribution in [0.5, 0.6) is 0 Å². The third-order valence-electron chi connectivity index (χ3n) is 2.97. The highest BCUT2D eigenvalue weighted by molar-refractivity contribution is 5.92. The maximum Gasteiger partial charge on any atom is 0.271 e. The van der Waals surface area contributed by atoms with Gasteiger partial charge in [-0.1, -0.05) is 13.3 Å². The fourth-order valence-electron chi connectivity index (χ4n) is 1.64. The van der Waals surface area contributed by atoms with Gasteiger partial charge < -0.3 is 15.1 Å². The Balaban J connectivity index is 2.50. The maximum atomic E-state index is 11.8. The van der Waals surface area contributed by atoms with E-state index in [9.17, 15) is 4.79 Å². The molecule has 1 amide bonds. The monoisotopic (exact) mass is 279 g/mol. The van der Waals surface area contributed by atoms with Gasteiger partial charge in [0.15, 0.2) is 11.5 Å². The van der Waals surface area contributed by atoms with Crippen LogP contribution < -0.4 is 10.2 Å². The van der Waals surface area contributed by atoms with Gasteiger partial charge in [0.1, 0.15) is 0 Å². The van der Waals surface area contributed by atoms with E-state index in [2.05, 4.69) is 22.4 Å². The number of nitrogens with one attached hydrogen (secondary N) is 1. The zero-order valence-electron chi connectivity index (χ0n) is 12.9. The Morgan fingerprint density at radius 2 is 1.95 bits per heavy atom. The van der Waals surface area contributed by atoms with E-state index in [0.717, 1.165) is 31.7 Å². The molecule has 0 unspecified atom stereocenters. The molecular weight excluding hydrogens is 254 g/mol. The van der Waals surface area contributed by atoms with Gasteiger partial charge in [0.25, 0.3) is 5.91 Å². The average molecular weight is 279 g/mol. The fourth-order valence-corrected chi connectivity index (χ4v) is 1.64. The Labute approximate surface area is 121 Å². The lowest BCUT2D eigenvalue weighted by atomic mass is 10.3. The van der Waals surface area contributed by atoms with E-state index in [0.29, 0.717) is 12.2 Å². The van der Waals surface area contributed by atoms with Crippen LogP contribution in [0.3, 0.4) is 0 Å². The summed E-state index contributed by atoms with van der Waals surface area (Å²) >= 11 is 0. The summed E-state index contributed by atoms with van der Waals surface area (Å²) in [6.45, 7) is 4.50. The van der Waals surface area contributed by atoms with Crippen LogP contribution in [0.4, 0.5) is 5.82 Å². The van der Waals surface area contributed by atoms with Gasteiger partial charge in [-0.3, -0.25) is 4.79 Å². The molecule has 6 nitrogen and oxygen atoms in total. The van der Waals surface area contributed by atoms with Gasteiger partial charge in [-0.2, -0.15) is 0 Å². The summed E-state index contributed by atoms with van der Waals surface area (Å²) in [4.78, 5) is 15.9. The number of amides is 1. The highest BCUT2D eigenvalue weighted by Crippen LogP contribution is 2.08. The number of carbonyl (C=O) groups excluding carboxylic acids is 1. The van der Waals surface area contributed by atoms with E-state index in [1.807, 2.05) is 37.0 Å². The van der Waals surface area contributed by atoms with Crippen molar-refractivity contribution in [2.45, 2.75) is 19.8 Å². The number of aromatic nitrogens is 2. The van der Waals surface area contributed by atoms with Gasteiger partial charge in [0.2, 0.25) is 0 Å². The Kier molecular flexibility index (Phi) is 6.93. The molecule has 112 valence electrons. The van der Waals surface area contributed by atoms with Crippen molar-refractivity contribution in [1.29, 1.82) is 0 Å². The molecule has 20 heavy (non-hydrogen) atoms. The predicted octanol–water partition coefficient (Wildman–Crippen LogP) is 1.00. The van der Waals surface area contributed by atoms with E-state index in [4.69, 9.17) is 0 Å². The fraction of sp³-hybridized carbons (Fsp3) is 0.643. The van der Waals surface area contributed by atoms with Crippen LogP contribution in [0, 0.1) is 0 Å². The summed E-state index contributed by atoms with van der Waals surface area (Å²) in [6, 6.07) is 3.55. The second kappa shape index (κ2) is 8.47. The summed E-state index contributed by atoms with van der Waals surface area (Å²) in [5, 5.41) is 10.9. The van der Waals surface area contributed by atoms with Crippen LogP contribution >= 0.6 is 0 Å². The zero-order valence-corrected chi connectivity index (χ0v) is 12.9. The van der Waals surface area contributed by atoms with E-state index >= 15 is 0 Å².